The Balaban J connectivity index is 1.76. The van der Waals surface area contributed by atoms with Gasteiger partial charge in [-0.2, -0.15) is 0 Å². The molecule has 0 aromatic carbocycles. The van der Waals surface area contributed by atoms with Gasteiger partial charge in [0.05, 0.1) is 12.0 Å². The number of anilines is 1. The second-order valence-electron chi connectivity index (χ2n) is 5.16. The van der Waals surface area contributed by atoms with Crippen molar-refractivity contribution in [1.29, 1.82) is 0 Å². The number of aryl methyl sites for hydroxylation is 1. The van der Waals surface area contributed by atoms with Crippen LogP contribution in [0.2, 0.25) is 0 Å². The van der Waals surface area contributed by atoms with Crippen LogP contribution in [0, 0.1) is 6.92 Å². The van der Waals surface area contributed by atoms with Gasteiger partial charge in [-0.1, -0.05) is 0 Å². The van der Waals surface area contributed by atoms with E-state index < -0.39 is 11.9 Å². The minimum atomic E-state index is -0.637. The summed E-state index contributed by atoms with van der Waals surface area (Å²) in [5.41, 5.74) is 6.49. The Hall–Kier alpha value is -2.94. The number of carbonyl (C=O) groups is 2. The fourth-order valence-corrected chi connectivity index (χ4v) is 2.87. The lowest BCUT2D eigenvalue weighted by atomic mass is 10.2. The monoisotopic (exact) mass is 345 g/mol. The Morgan fingerprint density at radius 2 is 2.25 bits per heavy atom. The van der Waals surface area contributed by atoms with Gasteiger partial charge in [0.25, 0.3) is 5.91 Å². The van der Waals surface area contributed by atoms with E-state index in [9.17, 15) is 9.59 Å². The van der Waals surface area contributed by atoms with Crippen molar-refractivity contribution in [2.24, 2.45) is 5.73 Å². The van der Waals surface area contributed by atoms with Gasteiger partial charge in [0.1, 0.15) is 11.8 Å². The molecule has 3 heterocycles. The van der Waals surface area contributed by atoms with Gasteiger partial charge in [0, 0.05) is 23.3 Å². The van der Waals surface area contributed by atoms with E-state index in [0.717, 1.165) is 0 Å². The minimum Gasteiger partial charge on any atom is -0.456 e. The SMILES string of the molecule is Cc1oc(C(N)=O)cc1-c1csc(NC(=O)C(C)n2ccnc2)n1. The topological polar surface area (TPSA) is 116 Å². The maximum Gasteiger partial charge on any atom is 0.284 e. The maximum atomic E-state index is 12.2. The largest absolute Gasteiger partial charge is 0.456 e. The van der Waals surface area contributed by atoms with Gasteiger partial charge in [0.2, 0.25) is 5.91 Å². The zero-order valence-electron chi connectivity index (χ0n) is 13.0. The highest BCUT2D eigenvalue weighted by atomic mass is 32.1. The fourth-order valence-electron chi connectivity index (χ4n) is 2.16. The highest BCUT2D eigenvalue weighted by molar-refractivity contribution is 7.14. The third-order valence-electron chi connectivity index (χ3n) is 3.52. The van der Waals surface area contributed by atoms with Crippen molar-refractivity contribution in [3.63, 3.8) is 0 Å². The number of hydrogen-bond donors (Lipinski definition) is 2. The zero-order valence-corrected chi connectivity index (χ0v) is 13.8. The number of nitrogens with two attached hydrogens (primary N) is 1. The molecular weight excluding hydrogens is 330 g/mol. The lowest BCUT2D eigenvalue weighted by Crippen LogP contribution is -2.22. The van der Waals surface area contributed by atoms with Gasteiger partial charge < -0.3 is 20.0 Å². The van der Waals surface area contributed by atoms with Crippen LogP contribution in [-0.4, -0.2) is 26.3 Å². The molecule has 2 amide bonds. The van der Waals surface area contributed by atoms with E-state index in [1.165, 1.54) is 11.3 Å². The first kappa shape index (κ1) is 15.9. The molecule has 3 aromatic heterocycles. The Morgan fingerprint density at radius 1 is 1.46 bits per heavy atom. The summed E-state index contributed by atoms with van der Waals surface area (Å²) in [7, 11) is 0. The molecule has 0 radical (unpaired) electrons. The lowest BCUT2D eigenvalue weighted by molar-refractivity contribution is -0.118. The molecule has 24 heavy (non-hydrogen) atoms. The number of rotatable bonds is 5. The number of imidazole rings is 1. The highest BCUT2D eigenvalue weighted by Gasteiger charge is 2.18. The van der Waals surface area contributed by atoms with Gasteiger partial charge in [-0.05, 0) is 19.9 Å². The van der Waals surface area contributed by atoms with Crippen molar-refractivity contribution in [3.8, 4) is 11.3 Å². The van der Waals surface area contributed by atoms with Gasteiger partial charge >= 0.3 is 0 Å². The van der Waals surface area contributed by atoms with Crippen LogP contribution in [0.4, 0.5) is 5.13 Å². The molecule has 0 aliphatic carbocycles. The number of nitrogens with one attached hydrogen (secondary N) is 1. The summed E-state index contributed by atoms with van der Waals surface area (Å²) in [4.78, 5) is 31.7. The zero-order chi connectivity index (χ0) is 17.3. The number of primary amides is 1. The molecule has 0 aliphatic heterocycles. The summed E-state index contributed by atoms with van der Waals surface area (Å²) < 4.78 is 7.00. The molecule has 124 valence electrons. The van der Waals surface area contributed by atoms with Crippen LogP contribution < -0.4 is 11.1 Å². The first-order chi connectivity index (χ1) is 11.5. The average Bonchev–Trinajstić information content (AvgIpc) is 3.26. The molecule has 0 saturated heterocycles. The Kier molecular flexibility index (Phi) is 4.17. The van der Waals surface area contributed by atoms with E-state index in [-0.39, 0.29) is 11.7 Å². The molecular formula is C15H15N5O3S. The van der Waals surface area contributed by atoms with Crippen LogP contribution in [-0.2, 0) is 4.79 Å². The fraction of sp³-hybridized carbons (Fsp3) is 0.200. The summed E-state index contributed by atoms with van der Waals surface area (Å²) in [5.74, 6) is -0.216. The van der Waals surface area contributed by atoms with Crippen LogP contribution in [0.1, 0.15) is 29.3 Å². The number of hydrogen-bond acceptors (Lipinski definition) is 6. The van der Waals surface area contributed by atoms with E-state index in [4.69, 9.17) is 10.2 Å². The van der Waals surface area contributed by atoms with Gasteiger partial charge in [-0.25, -0.2) is 9.97 Å². The van der Waals surface area contributed by atoms with Crippen molar-refractivity contribution in [2.45, 2.75) is 19.9 Å². The standard InChI is InChI=1S/C15H15N5O3S/c1-8(20-4-3-17-7-20)14(22)19-15-18-11(6-24-15)10-5-12(13(16)21)23-9(10)2/h3-8H,1-2H3,(H2,16,21)(H,18,19,22). The molecule has 0 fully saturated rings. The van der Waals surface area contributed by atoms with Crippen LogP contribution >= 0.6 is 11.3 Å². The number of thiazole rings is 1. The minimum absolute atomic E-state index is 0.0785. The number of furan rings is 1. The molecule has 3 N–H and O–H groups in total. The summed E-state index contributed by atoms with van der Waals surface area (Å²) in [6, 6.07) is 1.14. The lowest BCUT2D eigenvalue weighted by Gasteiger charge is -2.11. The van der Waals surface area contributed by atoms with Crippen LogP contribution in [0.15, 0.2) is 34.6 Å². The van der Waals surface area contributed by atoms with Crippen molar-refractivity contribution >= 4 is 28.3 Å². The van der Waals surface area contributed by atoms with Crippen LogP contribution in [0.25, 0.3) is 11.3 Å². The first-order valence-corrected chi connectivity index (χ1v) is 7.98. The summed E-state index contributed by atoms with van der Waals surface area (Å²) in [6.45, 7) is 3.49. The molecule has 0 saturated carbocycles. The molecule has 1 unspecified atom stereocenters. The van der Waals surface area contributed by atoms with Crippen molar-refractivity contribution < 1.29 is 14.0 Å². The van der Waals surface area contributed by atoms with E-state index in [1.807, 2.05) is 0 Å². The third kappa shape index (κ3) is 3.06. The van der Waals surface area contributed by atoms with Crippen molar-refractivity contribution in [1.82, 2.24) is 14.5 Å². The number of nitrogens with zero attached hydrogens (tertiary/aromatic N) is 3. The molecule has 0 spiro atoms. The summed E-state index contributed by atoms with van der Waals surface area (Å²) >= 11 is 1.29. The second kappa shape index (κ2) is 6.28. The normalized spacial score (nSPS) is 12.1. The van der Waals surface area contributed by atoms with E-state index in [1.54, 1.807) is 48.6 Å². The van der Waals surface area contributed by atoms with E-state index >= 15 is 0 Å². The van der Waals surface area contributed by atoms with Gasteiger partial charge in [-0.15, -0.1) is 11.3 Å². The second-order valence-corrected chi connectivity index (χ2v) is 6.02. The molecule has 8 nitrogen and oxygen atoms in total. The Morgan fingerprint density at radius 3 is 2.88 bits per heavy atom. The highest BCUT2D eigenvalue weighted by Crippen LogP contribution is 2.30. The van der Waals surface area contributed by atoms with E-state index in [0.29, 0.717) is 22.1 Å². The first-order valence-electron chi connectivity index (χ1n) is 7.10. The van der Waals surface area contributed by atoms with Crippen molar-refractivity contribution in [2.75, 3.05) is 5.32 Å². The maximum absolute atomic E-state index is 12.2. The Bertz CT molecular complexity index is 881. The van der Waals surface area contributed by atoms with Crippen LogP contribution in [0.5, 0.6) is 0 Å². The molecule has 3 aromatic rings. The predicted octanol–water partition coefficient (Wildman–Crippen LogP) is 2.21. The molecule has 1 atom stereocenters. The summed E-state index contributed by atoms with van der Waals surface area (Å²) in [6.07, 6.45) is 4.92. The van der Waals surface area contributed by atoms with E-state index in [2.05, 4.69) is 15.3 Å². The number of amides is 2. The molecule has 0 bridgehead atoms. The predicted molar refractivity (Wildman–Crippen MR) is 88.6 cm³/mol. The average molecular weight is 345 g/mol. The quantitative estimate of drug-likeness (QED) is 0.735. The van der Waals surface area contributed by atoms with Crippen molar-refractivity contribution in [3.05, 3.63) is 41.7 Å². The van der Waals surface area contributed by atoms with Crippen LogP contribution in [0.3, 0.4) is 0 Å². The third-order valence-corrected chi connectivity index (χ3v) is 4.28. The van der Waals surface area contributed by atoms with Gasteiger partial charge in [-0.3, -0.25) is 9.59 Å². The number of aromatic nitrogens is 3. The van der Waals surface area contributed by atoms with Gasteiger partial charge in [0.15, 0.2) is 10.9 Å². The molecule has 3 rings (SSSR count). The number of carbonyl (C=O) groups excluding carboxylic acids is 2. The molecule has 9 heteroatoms. The summed E-state index contributed by atoms with van der Waals surface area (Å²) in [5, 5.41) is 5.01. The Labute approximate surface area is 141 Å². The smallest absolute Gasteiger partial charge is 0.284 e. The molecule has 0 aliphatic rings.